The third-order valence-electron chi connectivity index (χ3n) is 8.85. The fourth-order valence-corrected chi connectivity index (χ4v) is 5.84. The second kappa shape index (κ2) is 22.9. The van der Waals surface area contributed by atoms with Gasteiger partial charge in [0.1, 0.15) is 18.1 Å². The Morgan fingerprint density at radius 3 is 2.02 bits per heavy atom. The van der Waals surface area contributed by atoms with E-state index in [9.17, 15) is 33.6 Å². The molecule has 16 nitrogen and oxygen atoms in total. The number of primary amides is 1. The average Bonchev–Trinajstić information content (AvgIpc) is 3.61. The van der Waals surface area contributed by atoms with Crippen molar-refractivity contribution in [3.05, 3.63) is 71.8 Å². The van der Waals surface area contributed by atoms with Crippen LogP contribution >= 0.6 is 0 Å². The van der Waals surface area contributed by atoms with Crippen LogP contribution in [0.25, 0.3) is 0 Å². The highest BCUT2D eigenvalue weighted by Crippen LogP contribution is 2.25. The molecule has 5 atom stereocenters. The molecule has 0 aliphatic carbocycles. The monoisotopic (exact) mass is 780 g/mol. The minimum Gasteiger partial charge on any atom is -0.449 e. The molecule has 0 saturated carbocycles. The van der Waals surface area contributed by atoms with Gasteiger partial charge in [-0.05, 0) is 29.4 Å². The number of carbonyl (C=O) groups is 7. The van der Waals surface area contributed by atoms with Gasteiger partial charge in [-0.3, -0.25) is 28.8 Å². The van der Waals surface area contributed by atoms with Gasteiger partial charge in [-0.15, -0.1) is 0 Å². The lowest BCUT2D eigenvalue weighted by molar-refractivity contribution is -0.143. The maximum absolute atomic E-state index is 14.1. The van der Waals surface area contributed by atoms with Crippen molar-refractivity contribution in [2.45, 2.75) is 97.4 Å². The van der Waals surface area contributed by atoms with E-state index >= 15 is 0 Å². The zero-order valence-corrected chi connectivity index (χ0v) is 32.8. The molecule has 3 rings (SSSR count). The number of hydrogen-bond acceptors (Lipinski definition) is 10. The molecule has 3 unspecified atom stereocenters. The van der Waals surface area contributed by atoms with Gasteiger partial charge in [0.2, 0.25) is 29.4 Å². The number of likely N-dealkylation sites (tertiary alicyclic amines) is 1. The van der Waals surface area contributed by atoms with Crippen LogP contribution in [0.2, 0.25) is 0 Å². The maximum atomic E-state index is 14.1. The van der Waals surface area contributed by atoms with Crippen LogP contribution < -0.4 is 27.0 Å². The Balaban J connectivity index is 1.67. The Kier molecular flexibility index (Phi) is 18.4. The standard InChI is InChI=1S/C40H56N6O10/c1-6-13-30(35(48)38(51)42-19-33(47)43-31(36(41)49)24-54-22-27-14-9-7-10-15-27)44-37(50)32-18-29(55-23-28-16-11-8-12-17-28)20-46(32)39(52)34(26(4)5)45-40(53)56-21-25(2)3/h7-12,14-17,25-26,29-32,34H,6,13,18-24H2,1-5H3,(H2,41,49)(H,42,51)(H,43,47)(H,44,50)(H,45,53)/t29-,30?,31?,32+,34?/m1/s1. The summed E-state index contributed by atoms with van der Waals surface area (Å²) in [6, 6.07) is 13.9. The molecule has 56 heavy (non-hydrogen) atoms. The van der Waals surface area contributed by atoms with Crippen molar-refractivity contribution in [1.29, 1.82) is 0 Å². The molecule has 0 bridgehead atoms. The molecule has 0 radical (unpaired) electrons. The number of carbonyl (C=O) groups excluding carboxylic acids is 7. The third kappa shape index (κ3) is 14.7. The first-order valence-electron chi connectivity index (χ1n) is 18.9. The molecule has 2 aromatic rings. The number of hydrogen-bond donors (Lipinski definition) is 5. The van der Waals surface area contributed by atoms with Crippen LogP contribution in [0.1, 0.15) is 65.0 Å². The zero-order valence-electron chi connectivity index (χ0n) is 32.8. The molecule has 0 aromatic heterocycles. The van der Waals surface area contributed by atoms with Gasteiger partial charge in [0, 0.05) is 13.0 Å². The van der Waals surface area contributed by atoms with E-state index < -0.39 is 78.2 Å². The highest BCUT2D eigenvalue weighted by atomic mass is 16.5. The minimum atomic E-state index is -1.29. The number of alkyl carbamates (subject to hydrolysis) is 1. The van der Waals surface area contributed by atoms with Gasteiger partial charge in [-0.2, -0.15) is 0 Å². The predicted octanol–water partition coefficient (Wildman–Crippen LogP) is 1.74. The second-order valence-corrected chi connectivity index (χ2v) is 14.4. The molecule has 1 saturated heterocycles. The normalized spacial score (nSPS) is 16.7. The summed E-state index contributed by atoms with van der Waals surface area (Å²) in [6.45, 7) is 8.72. The van der Waals surface area contributed by atoms with Gasteiger partial charge in [0.25, 0.3) is 5.91 Å². The van der Waals surface area contributed by atoms with E-state index in [0.29, 0.717) is 6.42 Å². The van der Waals surface area contributed by atoms with E-state index in [4.69, 9.17) is 19.9 Å². The van der Waals surface area contributed by atoms with Crippen LogP contribution in [-0.4, -0.2) is 103 Å². The maximum Gasteiger partial charge on any atom is 0.407 e. The lowest BCUT2D eigenvalue weighted by Gasteiger charge is -2.31. The first-order valence-corrected chi connectivity index (χ1v) is 18.9. The molecule has 6 amide bonds. The SMILES string of the molecule is CCCC(NC(=O)[C@@H]1C[C@@H](OCc2ccccc2)CN1C(=O)C(NC(=O)OCC(C)C)C(C)C)C(=O)C(=O)NCC(=O)NC(COCc1ccccc1)C(N)=O. The Morgan fingerprint density at radius 1 is 0.821 bits per heavy atom. The molecule has 1 aliphatic rings. The van der Waals surface area contributed by atoms with Crippen molar-refractivity contribution in [1.82, 2.24) is 26.2 Å². The van der Waals surface area contributed by atoms with Gasteiger partial charge in [0.05, 0.1) is 45.1 Å². The number of nitrogens with zero attached hydrogens (tertiary/aromatic N) is 1. The van der Waals surface area contributed by atoms with Gasteiger partial charge >= 0.3 is 6.09 Å². The van der Waals surface area contributed by atoms with Crippen LogP contribution in [0.5, 0.6) is 0 Å². The largest absolute Gasteiger partial charge is 0.449 e. The van der Waals surface area contributed by atoms with Crippen LogP contribution in [0.15, 0.2) is 60.7 Å². The number of nitrogens with one attached hydrogen (secondary N) is 4. The zero-order chi connectivity index (χ0) is 41.2. The molecule has 1 heterocycles. The number of Topliss-reactive ketones (excluding diaryl/α,β-unsaturated/α-hetero) is 1. The molecule has 1 aliphatic heterocycles. The van der Waals surface area contributed by atoms with E-state index in [0.717, 1.165) is 11.1 Å². The van der Waals surface area contributed by atoms with Crippen molar-refractivity contribution in [2.75, 3.05) is 26.3 Å². The Morgan fingerprint density at radius 2 is 1.45 bits per heavy atom. The molecule has 1 fully saturated rings. The minimum absolute atomic E-state index is 0.0290. The van der Waals surface area contributed by atoms with Crippen LogP contribution in [0.3, 0.4) is 0 Å². The average molecular weight is 781 g/mol. The quantitative estimate of drug-likeness (QED) is 0.109. The molecule has 306 valence electrons. The third-order valence-corrected chi connectivity index (χ3v) is 8.85. The Hall–Kier alpha value is -5.35. The van der Waals surface area contributed by atoms with E-state index in [1.807, 2.05) is 74.5 Å². The fourth-order valence-electron chi connectivity index (χ4n) is 5.84. The Bertz CT molecular complexity index is 1620. The lowest BCUT2D eigenvalue weighted by atomic mass is 10.0. The summed E-state index contributed by atoms with van der Waals surface area (Å²) in [5.41, 5.74) is 7.16. The number of amides is 6. The molecule has 16 heteroatoms. The van der Waals surface area contributed by atoms with Crippen molar-refractivity contribution >= 4 is 41.4 Å². The molecule has 0 spiro atoms. The summed E-state index contributed by atoms with van der Waals surface area (Å²) >= 11 is 0. The Labute approximate surface area is 327 Å². The summed E-state index contributed by atoms with van der Waals surface area (Å²) in [5, 5.41) is 9.90. The first-order chi connectivity index (χ1) is 26.7. The number of rotatable bonds is 22. The van der Waals surface area contributed by atoms with Crippen molar-refractivity contribution in [3.63, 3.8) is 0 Å². The van der Waals surface area contributed by atoms with Gasteiger partial charge in [0.15, 0.2) is 0 Å². The lowest BCUT2D eigenvalue weighted by Crippen LogP contribution is -2.57. The molecule has 6 N–H and O–H groups in total. The highest BCUT2D eigenvalue weighted by molar-refractivity contribution is 6.38. The van der Waals surface area contributed by atoms with Crippen molar-refractivity contribution in [2.24, 2.45) is 17.6 Å². The summed E-state index contributed by atoms with van der Waals surface area (Å²) < 4.78 is 16.9. The van der Waals surface area contributed by atoms with Crippen molar-refractivity contribution in [3.8, 4) is 0 Å². The smallest absolute Gasteiger partial charge is 0.407 e. The van der Waals surface area contributed by atoms with E-state index in [-0.39, 0.29) is 57.6 Å². The second-order valence-electron chi connectivity index (χ2n) is 14.4. The molecular weight excluding hydrogens is 724 g/mol. The first kappa shape index (κ1) is 45.0. The number of ketones is 1. The highest BCUT2D eigenvalue weighted by Gasteiger charge is 2.44. The van der Waals surface area contributed by atoms with E-state index in [1.165, 1.54) is 4.90 Å². The van der Waals surface area contributed by atoms with E-state index in [2.05, 4.69) is 21.3 Å². The van der Waals surface area contributed by atoms with Gasteiger partial charge < -0.3 is 46.1 Å². The summed E-state index contributed by atoms with van der Waals surface area (Å²) in [4.78, 5) is 92.8. The van der Waals surface area contributed by atoms with Gasteiger partial charge in [-0.1, -0.05) is 102 Å². The summed E-state index contributed by atoms with van der Waals surface area (Å²) in [6.07, 6.45) is -0.757. The molecule has 2 aromatic carbocycles. The van der Waals surface area contributed by atoms with Crippen molar-refractivity contribution < 1.29 is 47.8 Å². The fraction of sp³-hybridized carbons (Fsp3) is 0.525. The number of nitrogens with two attached hydrogens (primary N) is 1. The van der Waals surface area contributed by atoms with E-state index in [1.54, 1.807) is 20.8 Å². The molecular formula is C40H56N6O10. The topological polar surface area (TPSA) is 225 Å². The predicted molar refractivity (Wildman–Crippen MR) is 205 cm³/mol. The van der Waals surface area contributed by atoms with Gasteiger partial charge in [-0.25, -0.2) is 4.79 Å². The van der Waals surface area contributed by atoms with Crippen LogP contribution in [0.4, 0.5) is 4.79 Å². The number of benzene rings is 2. The summed E-state index contributed by atoms with van der Waals surface area (Å²) in [5.74, 6) is -5.32. The van der Waals surface area contributed by atoms with Crippen LogP contribution in [-0.2, 0) is 56.2 Å². The summed E-state index contributed by atoms with van der Waals surface area (Å²) in [7, 11) is 0. The number of ether oxygens (including phenoxy) is 3. The van der Waals surface area contributed by atoms with Crippen LogP contribution in [0, 0.1) is 11.8 Å².